The molecule has 3 amide bonds. The molecule has 0 atom stereocenters. The normalized spacial score (nSPS) is 18.7. The highest BCUT2D eigenvalue weighted by atomic mass is 16.4. The third kappa shape index (κ3) is 6.36. The Labute approximate surface area is 152 Å². The van der Waals surface area contributed by atoms with Crippen LogP contribution in [-0.4, -0.2) is 59.6 Å². The average Bonchev–Trinajstić information content (AvgIpc) is 2.56. The molecule has 8 nitrogen and oxygen atoms in total. The van der Waals surface area contributed by atoms with Crippen LogP contribution in [0.4, 0.5) is 10.5 Å². The van der Waals surface area contributed by atoms with Crippen LogP contribution in [0.15, 0.2) is 30.3 Å². The molecule has 1 aliphatic rings. The summed E-state index contributed by atoms with van der Waals surface area (Å²) in [4.78, 5) is 36.3. The molecule has 0 saturated heterocycles. The van der Waals surface area contributed by atoms with Crippen molar-refractivity contribution in [2.24, 2.45) is 0 Å². The number of carbonyl (C=O) groups is 3. The van der Waals surface area contributed by atoms with Gasteiger partial charge in [-0.25, -0.2) is 4.79 Å². The van der Waals surface area contributed by atoms with Gasteiger partial charge < -0.3 is 21.1 Å². The van der Waals surface area contributed by atoms with E-state index in [1.165, 1.54) is 0 Å². The summed E-state index contributed by atoms with van der Waals surface area (Å²) in [6.07, 6.45) is 1.67. The Morgan fingerprint density at radius 1 is 1.19 bits per heavy atom. The summed E-state index contributed by atoms with van der Waals surface area (Å²) in [5.74, 6) is -0.998. The zero-order chi connectivity index (χ0) is 18.9. The number of hydrogen-bond acceptors (Lipinski definition) is 4. The van der Waals surface area contributed by atoms with Crippen molar-refractivity contribution >= 4 is 23.6 Å². The summed E-state index contributed by atoms with van der Waals surface area (Å²) in [5, 5.41) is 17.1. The summed E-state index contributed by atoms with van der Waals surface area (Å²) >= 11 is 0. The number of nitrogens with zero attached hydrogens (tertiary/aromatic N) is 1. The molecule has 8 heteroatoms. The fourth-order valence-corrected chi connectivity index (χ4v) is 2.95. The lowest BCUT2D eigenvalue weighted by atomic mass is 9.85. The Morgan fingerprint density at radius 2 is 1.88 bits per heavy atom. The standard InChI is InChI=1S/C18H26N4O4/c1-2-22(12-17(24)25)15-10-14(11-15)21-18(26)19-9-8-16(23)20-13-6-4-3-5-7-13/h3-7,14-15H,2,8-12H2,1H3,(H,20,23)(H,24,25)(H2,19,21,26). The van der Waals surface area contributed by atoms with Crippen LogP contribution in [0.5, 0.6) is 0 Å². The van der Waals surface area contributed by atoms with Gasteiger partial charge in [0.15, 0.2) is 0 Å². The largest absolute Gasteiger partial charge is 0.480 e. The van der Waals surface area contributed by atoms with Gasteiger partial charge in [-0.05, 0) is 31.5 Å². The maximum absolute atomic E-state index is 11.8. The molecule has 142 valence electrons. The van der Waals surface area contributed by atoms with Crippen LogP contribution >= 0.6 is 0 Å². The van der Waals surface area contributed by atoms with Crippen molar-refractivity contribution in [2.45, 2.75) is 38.3 Å². The fraction of sp³-hybridized carbons (Fsp3) is 0.500. The molecule has 2 rings (SSSR count). The molecule has 4 N–H and O–H groups in total. The van der Waals surface area contributed by atoms with Gasteiger partial charge >= 0.3 is 12.0 Å². The second kappa shape index (κ2) is 9.76. The van der Waals surface area contributed by atoms with Crippen molar-refractivity contribution in [1.29, 1.82) is 0 Å². The number of aliphatic carboxylic acids is 1. The van der Waals surface area contributed by atoms with E-state index in [9.17, 15) is 14.4 Å². The van der Waals surface area contributed by atoms with Gasteiger partial charge in [-0.1, -0.05) is 25.1 Å². The van der Waals surface area contributed by atoms with E-state index in [1.54, 1.807) is 12.1 Å². The van der Waals surface area contributed by atoms with Gasteiger partial charge in [-0.3, -0.25) is 14.5 Å². The monoisotopic (exact) mass is 362 g/mol. The number of urea groups is 1. The molecule has 1 aromatic rings. The third-order valence-electron chi connectivity index (χ3n) is 4.40. The lowest BCUT2D eigenvalue weighted by Gasteiger charge is -2.42. The molecule has 26 heavy (non-hydrogen) atoms. The first-order valence-corrected chi connectivity index (χ1v) is 8.83. The smallest absolute Gasteiger partial charge is 0.317 e. The molecule has 0 aliphatic heterocycles. The van der Waals surface area contributed by atoms with E-state index < -0.39 is 5.97 Å². The lowest BCUT2D eigenvalue weighted by molar-refractivity contribution is -0.139. The Balaban J connectivity index is 1.58. The number of carbonyl (C=O) groups excluding carboxylic acids is 2. The van der Waals surface area contributed by atoms with E-state index in [4.69, 9.17) is 5.11 Å². The first-order valence-electron chi connectivity index (χ1n) is 8.83. The van der Waals surface area contributed by atoms with Crippen LogP contribution in [0.3, 0.4) is 0 Å². The van der Waals surface area contributed by atoms with Crippen molar-refractivity contribution in [2.75, 3.05) is 25.0 Å². The second-order valence-corrected chi connectivity index (χ2v) is 6.34. The van der Waals surface area contributed by atoms with Crippen LogP contribution in [-0.2, 0) is 9.59 Å². The molecule has 1 fully saturated rings. The molecule has 0 unspecified atom stereocenters. The summed E-state index contributed by atoms with van der Waals surface area (Å²) in [6, 6.07) is 9.08. The molecular formula is C18H26N4O4. The number of carboxylic acids is 1. The summed E-state index contributed by atoms with van der Waals surface area (Å²) in [6.45, 7) is 2.88. The first-order chi connectivity index (χ1) is 12.5. The minimum atomic E-state index is -0.838. The number of anilines is 1. The van der Waals surface area contributed by atoms with E-state index in [0.717, 1.165) is 18.5 Å². The highest BCUT2D eigenvalue weighted by Gasteiger charge is 2.34. The number of nitrogens with one attached hydrogen (secondary N) is 3. The van der Waals surface area contributed by atoms with Crippen LogP contribution in [0.1, 0.15) is 26.2 Å². The predicted molar refractivity (Wildman–Crippen MR) is 97.9 cm³/mol. The van der Waals surface area contributed by atoms with Gasteiger partial charge in [-0.2, -0.15) is 0 Å². The van der Waals surface area contributed by atoms with Crippen molar-refractivity contribution < 1.29 is 19.5 Å². The number of benzene rings is 1. The lowest BCUT2D eigenvalue weighted by Crippen LogP contribution is -2.56. The maximum atomic E-state index is 11.8. The zero-order valence-corrected chi connectivity index (χ0v) is 14.9. The van der Waals surface area contributed by atoms with Crippen molar-refractivity contribution in [3.8, 4) is 0 Å². The molecule has 1 aromatic carbocycles. The summed E-state index contributed by atoms with van der Waals surface area (Å²) in [7, 11) is 0. The highest BCUT2D eigenvalue weighted by Crippen LogP contribution is 2.25. The number of likely N-dealkylation sites (N-methyl/N-ethyl adjacent to an activating group) is 1. The minimum Gasteiger partial charge on any atom is -0.480 e. The molecule has 0 heterocycles. The SMILES string of the molecule is CCN(CC(=O)O)C1CC(NC(=O)NCCC(=O)Nc2ccccc2)C1. The average molecular weight is 362 g/mol. The Kier molecular flexibility index (Phi) is 7.40. The van der Waals surface area contributed by atoms with Gasteiger partial charge in [0.2, 0.25) is 5.91 Å². The van der Waals surface area contributed by atoms with Crippen molar-refractivity contribution in [3.05, 3.63) is 30.3 Å². The predicted octanol–water partition coefficient (Wildman–Crippen LogP) is 1.25. The summed E-state index contributed by atoms with van der Waals surface area (Å²) in [5.41, 5.74) is 0.726. The second-order valence-electron chi connectivity index (χ2n) is 6.34. The maximum Gasteiger partial charge on any atom is 0.317 e. The molecule has 0 spiro atoms. The quantitative estimate of drug-likeness (QED) is 0.528. The zero-order valence-electron chi connectivity index (χ0n) is 14.9. The first kappa shape index (κ1) is 19.7. The van der Waals surface area contributed by atoms with Crippen LogP contribution in [0.2, 0.25) is 0 Å². The molecule has 1 aliphatic carbocycles. The van der Waals surface area contributed by atoms with Gasteiger partial charge in [0.25, 0.3) is 0 Å². The summed E-state index contributed by atoms with van der Waals surface area (Å²) < 4.78 is 0. The molecule has 0 bridgehead atoms. The van der Waals surface area contributed by atoms with Crippen LogP contribution in [0.25, 0.3) is 0 Å². The van der Waals surface area contributed by atoms with Crippen LogP contribution < -0.4 is 16.0 Å². The van der Waals surface area contributed by atoms with Gasteiger partial charge in [0.1, 0.15) is 0 Å². The van der Waals surface area contributed by atoms with E-state index >= 15 is 0 Å². The van der Waals surface area contributed by atoms with Gasteiger partial charge in [0.05, 0.1) is 6.54 Å². The third-order valence-corrected chi connectivity index (χ3v) is 4.40. The molecule has 1 saturated carbocycles. The van der Waals surface area contributed by atoms with Gasteiger partial charge in [-0.15, -0.1) is 0 Å². The number of hydrogen-bond donors (Lipinski definition) is 4. The van der Waals surface area contributed by atoms with Crippen molar-refractivity contribution in [1.82, 2.24) is 15.5 Å². The van der Waals surface area contributed by atoms with E-state index in [-0.39, 0.29) is 43.5 Å². The molecular weight excluding hydrogens is 336 g/mol. The fourth-order valence-electron chi connectivity index (χ4n) is 2.95. The van der Waals surface area contributed by atoms with E-state index in [2.05, 4.69) is 16.0 Å². The number of amides is 3. The highest BCUT2D eigenvalue weighted by molar-refractivity contribution is 5.91. The Hall–Kier alpha value is -2.61. The minimum absolute atomic E-state index is 0.0244. The number of para-hydroxylation sites is 1. The van der Waals surface area contributed by atoms with Crippen molar-refractivity contribution in [3.63, 3.8) is 0 Å². The molecule has 0 aromatic heterocycles. The molecule has 0 radical (unpaired) electrons. The number of rotatable bonds is 9. The van der Waals surface area contributed by atoms with Crippen LogP contribution in [0, 0.1) is 0 Å². The van der Waals surface area contributed by atoms with E-state index in [1.807, 2.05) is 30.0 Å². The Morgan fingerprint density at radius 3 is 2.50 bits per heavy atom. The van der Waals surface area contributed by atoms with Gasteiger partial charge in [0, 0.05) is 30.7 Å². The topological polar surface area (TPSA) is 111 Å². The number of carboxylic acid groups (broad SMARTS) is 1. The van der Waals surface area contributed by atoms with E-state index in [0.29, 0.717) is 6.54 Å². The Bertz CT molecular complexity index is 617.